The summed E-state index contributed by atoms with van der Waals surface area (Å²) in [5.41, 5.74) is -0.581. The van der Waals surface area contributed by atoms with Crippen LogP contribution in [-0.2, 0) is 0 Å². The first-order valence-electron chi connectivity index (χ1n) is 8.84. The van der Waals surface area contributed by atoms with Gasteiger partial charge in [0.25, 0.3) is 0 Å². The van der Waals surface area contributed by atoms with E-state index in [1.54, 1.807) is 0 Å². The molecule has 26 heavy (non-hydrogen) atoms. The number of nitrogens with one attached hydrogen (secondary N) is 1. The van der Waals surface area contributed by atoms with Crippen molar-refractivity contribution in [2.45, 2.75) is 39.5 Å². The van der Waals surface area contributed by atoms with E-state index in [1.807, 2.05) is 17.5 Å². The third-order valence-electron chi connectivity index (χ3n) is 6.08. The second-order valence-corrected chi connectivity index (χ2v) is 9.32. The fourth-order valence-corrected chi connectivity index (χ4v) is 5.46. The smallest absolute Gasteiger partial charge is 0.190 e. The topological polar surface area (TPSA) is 95.2 Å². The zero-order valence-electron chi connectivity index (χ0n) is 15.3. The van der Waals surface area contributed by atoms with E-state index in [0.29, 0.717) is 5.92 Å². The Balaban J connectivity index is 2.22. The van der Waals surface area contributed by atoms with Gasteiger partial charge in [-0.05, 0) is 47.1 Å². The van der Waals surface area contributed by atoms with Gasteiger partial charge in [-0.25, -0.2) is 0 Å². The predicted molar refractivity (Wildman–Crippen MR) is 101 cm³/mol. The molecule has 132 valence electrons. The van der Waals surface area contributed by atoms with Gasteiger partial charge in [-0.1, -0.05) is 32.9 Å². The summed E-state index contributed by atoms with van der Waals surface area (Å²) in [6.45, 7) is 6.64. The van der Waals surface area contributed by atoms with Gasteiger partial charge >= 0.3 is 0 Å². The second-order valence-electron chi connectivity index (χ2n) is 8.35. The Bertz CT molecular complexity index is 853. The molecule has 2 aliphatic rings. The Morgan fingerprint density at radius 3 is 2.42 bits per heavy atom. The summed E-state index contributed by atoms with van der Waals surface area (Å²) >= 11 is 1.53. The highest BCUT2D eigenvalue weighted by molar-refractivity contribution is 7.10. The highest BCUT2D eigenvalue weighted by atomic mass is 32.1. The van der Waals surface area contributed by atoms with Crippen LogP contribution < -0.4 is 0 Å². The molecule has 0 radical (unpaired) electrons. The number of nitrogens with zero attached hydrogens (tertiary/aromatic N) is 3. The monoisotopic (exact) mass is 362 g/mol. The number of hydrogen-bond donors (Lipinski definition) is 1. The molecule has 0 aliphatic heterocycles. The third kappa shape index (κ3) is 2.57. The van der Waals surface area contributed by atoms with E-state index < -0.39 is 11.3 Å². The Morgan fingerprint density at radius 1 is 1.23 bits per heavy atom. The molecule has 0 spiro atoms. The minimum atomic E-state index is -1.58. The molecular weight excluding hydrogens is 340 g/mol. The molecule has 1 aromatic rings. The summed E-state index contributed by atoms with van der Waals surface area (Å²) in [4.78, 5) is 0.958. The van der Waals surface area contributed by atoms with Crippen LogP contribution in [0, 0.1) is 68.0 Å². The van der Waals surface area contributed by atoms with Crippen molar-refractivity contribution in [1.29, 1.82) is 21.2 Å². The molecule has 0 saturated heterocycles. The molecule has 1 unspecified atom stereocenters. The molecule has 1 fully saturated rings. The molecule has 1 saturated carbocycles. The summed E-state index contributed by atoms with van der Waals surface area (Å²) in [5.74, 6) is -0.785. The molecule has 1 heterocycles. The fourth-order valence-electron chi connectivity index (χ4n) is 4.50. The largest absolute Gasteiger partial charge is 0.305 e. The molecule has 1 aromatic heterocycles. The first-order chi connectivity index (χ1) is 12.3. The maximum atomic E-state index is 9.97. The van der Waals surface area contributed by atoms with Crippen molar-refractivity contribution in [3.8, 4) is 18.2 Å². The van der Waals surface area contributed by atoms with Crippen molar-refractivity contribution in [2.75, 3.05) is 0 Å². The van der Waals surface area contributed by atoms with Gasteiger partial charge in [-0.2, -0.15) is 15.8 Å². The molecular formula is C21H22N4S. The highest BCUT2D eigenvalue weighted by Gasteiger charge is 2.58. The lowest BCUT2D eigenvalue weighted by Crippen LogP contribution is -2.49. The summed E-state index contributed by atoms with van der Waals surface area (Å²) < 4.78 is 0. The van der Waals surface area contributed by atoms with Crippen LogP contribution in [0.4, 0.5) is 0 Å². The Kier molecular flexibility index (Phi) is 4.51. The van der Waals surface area contributed by atoms with Crippen LogP contribution >= 0.6 is 11.3 Å². The van der Waals surface area contributed by atoms with E-state index >= 15 is 0 Å². The molecule has 4 atom stereocenters. The Labute approximate surface area is 158 Å². The van der Waals surface area contributed by atoms with Crippen molar-refractivity contribution < 1.29 is 0 Å². The third-order valence-corrected chi connectivity index (χ3v) is 7.03. The lowest BCUT2D eigenvalue weighted by Gasteiger charge is -2.48. The van der Waals surface area contributed by atoms with E-state index in [9.17, 15) is 15.8 Å². The maximum Gasteiger partial charge on any atom is 0.190 e. The number of thiophene rings is 1. The standard InChI is InChI=1S/C21H22N4S/c1-20(2,3)13-6-7-14-15(9-13)18(17-5-4-8-26-17)21(11-23,12-24)19(25)16(14)10-22/h4-5,7-8,13,15-16,18,25H,6,9H2,1-3H3/t13-,15+,16?,18-/m1/s1. The minimum absolute atomic E-state index is 0.0512. The van der Waals surface area contributed by atoms with Gasteiger partial charge in [0.05, 0.1) is 23.9 Å². The first kappa shape index (κ1) is 18.4. The normalized spacial score (nSPS) is 30.3. The predicted octanol–water partition coefficient (Wildman–Crippen LogP) is 5.04. The van der Waals surface area contributed by atoms with Crippen LogP contribution in [0.3, 0.4) is 0 Å². The Hall–Kier alpha value is -2.42. The van der Waals surface area contributed by atoms with Gasteiger partial charge in [0.1, 0.15) is 5.92 Å². The lowest BCUT2D eigenvalue weighted by atomic mass is 9.52. The number of fused-ring (bicyclic) bond motifs is 1. The quantitative estimate of drug-likeness (QED) is 0.709. The number of nitriles is 3. The molecule has 5 heteroatoms. The van der Waals surface area contributed by atoms with Gasteiger partial charge in [-0.3, -0.25) is 0 Å². The van der Waals surface area contributed by atoms with E-state index in [0.717, 1.165) is 23.3 Å². The number of allylic oxidation sites excluding steroid dienone is 2. The van der Waals surface area contributed by atoms with E-state index in [1.165, 1.54) is 11.3 Å². The van der Waals surface area contributed by atoms with Gasteiger partial charge in [-0.15, -0.1) is 11.3 Å². The maximum absolute atomic E-state index is 9.97. The van der Waals surface area contributed by atoms with Crippen LogP contribution in [0.25, 0.3) is 0 Å². The van der Waals surface area contributed by atoms with Crippen molar-refractivity contribution in [2.24, 2.45) is 28.6 Å². The summed E-state index contributed by atoms with van der Waals surface area (Å²) in [6, 6.07) is 10.4. The molecule has 2 aliphatic carbocycles. The molecule has 1 N–H and O–H groups in total. The van der Waals surface area contributed by atoms with Gasteiger partial charge < -0.3 is 5.41 Å². The average Bonchev–Trinajstić information content (AvgIpc) is 3.13. The summed E-state index contributed by atoms with van der Waals surface area (Å²) in [6.07, 6.45) is 3.84. The van der Waals surface area contributed by atoms with Gasteiger partial charge in [0.2, 0.25) is 0 Å². The Morgan fingerprint density at radius 2 is 1.92 bits per heavy atom. The number of rotatable bonds is 1. The van der Waals surface area contributed by atoms with Crippen LogP contribution in [0.2, 0.25) is 0 Å². The SMILES string of the molecule is CC(C)(C)[C@@H]1CC=C2C(C#N)C(=N)C(C#N)(C#N)[C@@H](c3cccs3)[C@H]2C1. The van der Waals surface area contributed by atoms with Crippen molar-refractivity contribution in [1.82, 2.24) is 0 Å². The number of hydrogen-bond acceptors (Lipinski definition) is 5. The first-order valence-corrected chi connectivity index (χ1v) is 9.72. The van der Waals surface area contributed by atoms with E-state index in [-0.39, 0.29) is 23.0 Å². The lowest BCUT2D eigenvalue weighted by molar-refractivity contribution is 0.169. The zero-order valence-corrected chi connectivity index (χ0v) is 16.1. The van der Waals surface area contributed by atoms with Crippen LogP contribution in [-0.4, -0.2) is 5.71 Å². The highest BCUT2D eigenvalue weighted by Crippen LogP contribution is 2.58. The van der Waals surface area contributed by atoms with Gasteiger partial charge in [0, 0.05) is 10.8 Å². The minimum Gasteiger partial charge on any atom is -0.305 e. The summed E-state index contributed by atoms with van der Waals surface area (Å²) in [5, 5.41) is 40.2. The molecule has 4 nitrogen and oxygen atoms in total. The van der Waals surface area contributed by atoms with Crippen LogP contribution in [0.5, 0.6) is 0 Å². The second kappa shape index (κ2) is 6.39. The van der Waals surface area contributed by atoms with Crippen LogP contribution in [0.15, 0.2) is 29.2 Å². The van der Waals surface area contributed by atoms with E-state index in [4.69, 9.17) is 5.41 Å². The zero-order chi connectivity index (χ0) is 19.1. The average molecular weight is 363 g/mol. The molecule has 0 aromatic carbocycles. The van der Waals surface area contributed by atoms with E-state index in [2.05, 4.69) is 45.1 Å². The van der Waals surface area contributed by atoms with Crippen molar-refractivity contribution in [3.05, 3.63) is 34.0 Å². The molecule has 3 rings (SSSR count). The van der Waals surface area contributed by atoms with Gasteiger partial charge in [0.15, 0.2) is 5.41 Å². The van der Waals surface area contributed by atoms with Crippen molar-refractivity contribution >= 4 is 17.0 Å². The molecule has 0 amide bonds. The van der Waals surface area contributed by atoms with Crippen LogP contribution in [0.1, 0.15) is 44.4 Å². The summed E-state index contributed by atoms with van der Waals surface area (Å²) in [7, 11) is 0. The molecule has 0 bridgehead atoms. The van der Waals surface area contributed by atoms with Crippen molar-refractivity contribution in [3.63, 3.8) is 0 Å². The fraction of sp³-hybridized carbons (Fsp3) is 0.524.